The van der Waals surface area contributed by atoms with E-state index in [1.807, 2.05) is 54.6 Å². The number of alkyl carbamates (subject to hydrolysis) is 1. The van der Waals surface area contributed by atoms with Crippen LogP contribution in [0.2, 0.25) is 0 Å². The van der Waals surface area contributed by atoms with Crippen molar-refractivity contribution in [3.05, 3.63) is 66.5 Å². The highest BCUT2D eigenvalue weighted by molar-refractivity contribution is 5.84. The number of para-hydroxylation sites is 2. The van der Waals surface area contributed by atoms with Gasteiger partial charge in [-0.05, 0) is 24.6 Å². The fraction of sp³-hybridized carbons (Fsp3) is 0.211. The Morgan fingerprint density at radius 3 is 2.58 bits per heavy atom. The molecule has 134 valence electrons. The topological polar surface area (TPSA) is 93.5 Å². The highest BCUT2D eigenvalue weighted by Crippen LogP contribution is 2.16. The molecular weight excluding hydrogens is 334 g/mol. The molecular formula is C19H19N3O4. The fourth-order valence-electron chi connectivity index (χ4n) is 2.62. The average molecular weight is 353 g/mol. The minimum absolute atomic E-state index is 0.0171. The normalized spacial score (nSPS) is 13.1. The lowest BCUT2D eigenvalue weighted by Crippen LogP contribution is -2.55. The van der Waals surface area contributed by atoms with Crippen LogP contribution in [0.15, 0.2) is 60.9 Å². The summed E-state index contributed by atoms with van der Waals surface area (Å²) in [7, 11) is 0. The van der Waals surface area contributed by atoms with E-state index in [9.17, 15) is 14.7 Å². The maximum absolute atomic E-state index is 12.1. The van der Waals surface area contributed by atoms with Crippen molar-refractivity contribution < 1.29 is 19.4 Å². The molecule has 0 radical (unpaired) electrons. The quantitative estimate of drug-likeness (QED) is 0.711. The van der Waals surface area contributed by atoms with Crippen molar-refractivity contribution in [1.29, 1.82) is 0 Å². The zero-order valence-electron chi connectivity index (χ0n) is 14.3. The minimum atomic E-state index is -1.54. The van der Waals surface area contributed by atoms with Crippen molar-refractivity contribution >= 4 is 23.1 Å². The summed E-state index contributed by atoms with van der Waals surface area (Å²) in [4.78, 5) is 28.1. The number of benzene rings is 2. The van der Waals surface area contributed by atoms with Gasteiger partial charge in [0.2, 0.25) is 0 Å². The Morgan fingerprint density at radius 1 is 1.15 bits per heavy atom. The van der Waals surface area contributed by atoms with Gasteiger partial charge in [-0.15, -0.1) is 0 Å². The number of nitrogens with zero attached hydrogens (tertiary/aromatic N) is 2. The molecule has 1 atom stereocenters. The van der Waals surface area contributed by atoms with E-state index in [-0.39, 0.29) is 13.2 Å². The molecule has 0 bridgehead atoms. The number of hydrogen-bond donors (Lipinski definition) is 2. The Morgan fingerprint density at radius 2 is 1.85 bits per heavy atom. The molecule has 3 rings (SSSR count). The van der Waals surface area contributed by atoms with E-state index < -0.39 is 17.6 Å². The molecule has 2 aromatic carbocycles. The van der Waals surface area contributed by atoms with Gasteiger partial charge in [0, 0.05) is 0 Å². The third-order valence-electron chi connectivity index (χ3n) is 4.08. The van der Waals surface area contributed by atoms with E-state index in [1.54, 1.807) is 10.9 Å². The number of carboxylic acid groups (broad SMARTS) is 1. The molecule has 0 aliphatic carbocycles. The molecule has 3 aromatic rings. The predicted octanol–water partition coefficient (Wildman–Crippen LogP) is 2.81. The number of carbonyl (C=O) groups excluding carboxylic acids is 1. The predicted molar refractivity (Wildman–Crippen MR) is 95.5 cm³/mol. The highest BCUT2D eigenvalue weighted by atomic mass is 16.5. The van der Waals surface area contributed by atoms with E-state index in [4.69, 9.17) is 4.74 Å². The third kappa shape index (κ3) is 3.83. The van der Waals surface area contributed by atoms with Gasteiger partial charge in [0.1, 0.15) is 6.61 Å². The van der Waals surface area contributed by atoms with E-state index in [0.717, 1.165) is 16.6 Å². The highest BCUT2D eigenvalue weighted by Gasteiger charge is 2.36. The Kier molecular flexibility index (Phi) is 4.88. The second-order valence-corrected chi connectivity index (χ2v) is 6.19. The molecule has 0 aliphatic rings. The number of carbonyl (C=O) groups is 2. The molecule has 26 heavy (non-hydrogen) atoms. The van der Waals surface area contributed by atoms with E-state index in [0.29, 0.717) is 0 Å². The van der Waals surface area contributed by atoms with Gasteiger partial charge in [0.05, 0.1) is 23.9 Å². The summed E-state index contributed by atoms with van der Waals surface area (Å²) >= 11 is 0. The van der Waals surface area contributed by atoms with Crippen LogP contribution in [0.1, 0.15) is 12.5 Å². The number of ether oxygens (including phenoxy) is 1. The summed E-state index contributed by atoms with van der Waals surface area (Å²) in [6.07, 6.45) is 0.770. The third-order valence-corrected chi connectivity index (χ3v) is 4.08. The van der Waals surface area contributed by atoms with Crippen LogP contribution >= 0.6 is 0 Å². The van der Waals surface area contributed by atoms with Crippen molar-refractivity contribution in [2.24, 2.45) is 0 Å². The Bertz CT molecular complexity index is 923. The molecule has 1 unspecified atom stereocenters. The largest absolute Gasteiger partial charge is 0.479 e. The van der Waals surface area contributed by atoms with Gasteiger partial charge in [-0.25, -0.2) is 14.6 Å². The molecule has 0 aliphatic heterocycles. The van der Waals surface area contributed by atoms with Gasteiger partial charge in [-0.2, -0.15) is 0 Å². The summed E-state index contributed by atoms with van der Waals surface area (Å²) in [5.41, 5.74) is 0.823. The number of fused-ring (bicyclic) bond motifs is 1. The van der Waals surface area contributed by atoms with E-state index >= 15 is 0 Å². The van der Waals surface area contributed by atoms with Gasteiger partial charge >= 0.3 is 12.1 Å². The molecule has 1 heterocycles. The molecule has 0 saturated heterocycles. The second kappa shape index (κ2) is 7.26. The van der Waals surface area contributed by atoms with Crippen LogP contribution in [-0.4, -0.2) is 32.3 Å². The number of rotatable bonds is 6. The van der Waals surface area contributed by atoms with Crippen LogP contribution in [0.5, 0.6) is 0 Å². The first kappa shape index (κ1) is 17.5. The lowest BCUT2D eigenvalue weighted by atomic mass is 10.0. The number of nitrogens with one attached hydrogen (secondary N) is 1. The van der Waals surface area contributed by atoms with Crippen molar-refractivity contribution in [2.45, 2.75) is 25.6 Å². The van der Waals surface area contributed by atoms with Crippen molar-refractivity contribution in [3.8, 4) is 0 Å². The summed E-state index contributed by atoms with van der Waals surface area (Å²) < 4.78 is 6.84. The van der Waals surface area contributed by atoms with Gasteiger partial charge in [-0.1, -0.05) is 42.5 Å². The summed E-state index contributed by atoms with van der Waals surface area (Å²) in [5, 5.41) is 12.1. The van der Waals surface area contributed by atoms with Crippen LogP contribution in [-0.2, 0) is 22.7 Å². The number of hydrogen-bond acceptors (Lipinski definition) is 4. The molecule has 7 heteroatoms. The smallest absolute Gasteiger partial charge is 0.408 e. The lowest BCUT2D eigenvalue weighted by molar-refractivity contribution is -0.144. The van der Waals surface area contributed by atoms with E-state index in [1.165, 1.54) is 6.92 Å². The number of amides is 1. The van der Waals surface area contributed by atoms with Crippen molar-refractivity contribution in [2.75, 3.05) is 0 Å². The fourth-order valence-corrected chi connectivity index (χ4v) is 2.62. The first-order valence-corrected chi connectivity index (χ1v) is 8.10. The Labute approximate surface area is 150 Å². The van der Waals surface area contributed by atoms with Gasteiger partial charge in [0.15, 0.2) is 5.54 Å². The number of aromatic nitrogens is 2. The maximum atomic E-state index is 12.1. The number of imidazole rings is 1. The van der Waals surface area contributed by atoms with Crippen LogP contribution in [0, 0.1) is 0 Å². The Hall–Kier alpha value is -3.35. The van der Waals surface area contributed by atoms with E-state index in [2.05, 4.69) is 10.3 Å². The zero-order chi connectivity index (χ0) is 18.6. The summed E-state index contributed by atoms with van der Waals surface area (Å²) in [6, 6.07) is 16.6. The molecule has 0 saturated carbocycles. The minimum Gasteiger partial charge on any atom is -0.479 e. The van der Waals surface area contributed by atoms with Crippen molar-refractivity contribution in [1.82, 2.24) is 14.9 Å². The number of aliphatic carboxylic acids is 1. The molecule has 0 spiro atoms. The Balaban J connectivity index is 1.71. The van der Waals surface area contributed by atoms with Crippen LogP contribution in [0.4, 0.5) is 4.79 Å². The molecule has 1 aromatic heterocycles. The summed E-state index contributed by atoms with van der Waals surface area (Å²) in [5.74, 6) is -1.16. The number of carboxylic acids is 1. The molecule has 7 nitrogen and oxygen atoms in total. The van der Waals surface area contributed by atoms with Crippen molar-refractivity contribution in [3.63, 3.8) is 0 Å². The first-order valence-electron chi connectivity index (χ1n) is 8.10. The average Bonchev–Trinajstić information content (AvgIpc) is 3.03. The molecule has 2 N–H and O–H groups in total. The second-order valence-electron chi connectivity index (χ2n) is 6.19. The van der Waals surface area contributed by atoms with Crippen LogP contribution in [0.3, 0.4) is 0 Å². The molecule has 1 amide bonds. The monoisotopic (exact) mass is 353 g/mol. The zero-order valence-corrected chi connectivity index (χ0v) is 14.3. The first-order chi connectivity index (χ1) is 12.5. The molecule has 0 fully saturated rings. The van der Waals surface area contributed by atoms with Crippen LogP contribution in [0.25, 0.3) is 11.0 Å². The lowest BCUT2D eigenvalue weighted by Gasteiger charge is -2.26. The standard InChI is InChI=1S/C19H19N3O4/c1-19(17(23)24,12-22-13-20-15-9-5-6-10-16(15)22)21-18(25)26-11-14-7-3-2-4-8-14/h2-10,13H,11-12H2,1H3,(H,21,25)(H,23,24). The SMILES string of the molecule is CC(Cn1cnc2ccccc21)(NC(=O)OCc1ccccc1)C(=O)O. The maximum Gasteiger partial charge on any atom is 0.408 e. The van der Waals surface area contributed by atoms with Gasteiger partial charge in [0.25, 0.3) is 0 Å². The van der Waals surface area contributed by atoms with Gasteiger partial charge < -0.3 is 19.7 Å². The van der Waals surface area contributed by atoms with Crippen LogP contribution < -0.4 is 5.32 Å². The van der Waals surface area contributed by atoms with Gasteiger partial charge in [-0.3, -0.25) is 0 Å². The summed E-state index contributed by atoms with van der Waals surface area (Å²) in [6.45, 7) is 1.52.